The lowest BCUT2D eigenvalue weighted by Crippen LogP contribution is -2.30. The van der Waals surface area contributed by atoms with Gasteiger partial charge in [-0.25, -0.2) is 0 Å². The van der Waals surface area contributed by atoms with Crippen molar-refractivity contribution in [3.8, 4) is 23.0 Å². The van der Waals surface area contributed by atoms with Gasteiger partial charge in [0.1, 0.15) is 35.0 Å². The number of aldehydes is 1. The Morgan fingerprint density at radius 3 is 2.35 bits per heavy atom. The van der Waals surface area contributed by atoms with E-state index >= 15 is 0 Å². The number of fused-ring (bicyclic) bond motifs is 1. The van der Waals surface area contributed by atoms with Crippen LogP contribution in [0.15, 0.2) is 90.4 Å². The number of rotatable bonds is 9. The Morgan fingerprint density at radius 2 is 1.65 bits per heavy atom. The third kappa shape index (κ3) is 5.40. The first-order valence-corrected chi connectivity index (χ1v) is 12.1. The predicted molar refractivity (Wildman–Crippen MR) is 137 cm³/mol. The molecular weight excluding hydrogens is 472 g/mol. The standard InChI is InChI=1S/C30H28O7/c1-19(2)34-23-13-14-26-24(16-23)29(35-22-11-9-21(32-3)10-12-22)25(17-31)30(37-26)27-18-33-28(36-27)15-20-7-5-4-6-8-20/h4-14,16-19,28,30H,15H2,1-3H3. The molecule has 3 aromatic rings. The van der Waals surface area contributed by atoms with E-state index in [-0.39, 0.29) is 11.7 Å². The lowest BCUT2D eigenvalue weighted by atomic mass is 9.99. The molecule has 2 unspecified atom stereocenters. The normalized spacial score (nSPS) is 18.2. The Labute approximate surface area is 215 Å². The Balaban J connectivity index is 1.48. The highest BCUT2D eigenvalue weighted by Gasteiger charge is 2.38. The molecule has 0 amide bonds. The van der Waals surface area contributed by atoms with Crippen LogP contribution in [0.3, 0.4) is 0 Å². The zero-order valence-electron chi connectivity index (χ0n) is 20.9. The van der Waals surface area contributed by atoms with E-state index in [4.69, 9.17) is 28.4 Å². The van der Waals surface area contributed by atoms with Crippen molar-refractivity contribution in [2.24, 2.45) is 0 Å². The van der Waals surface area contributed by atoms with Gasteiger partial charge in [-0.2, -0.15) is 0 Å². The molecule has 2 aliphatic heterocycles. The number of methoxy groups -OCH3 is 1. The summed E-state index contributed by atoms with van der Waals surface area (Å²) in [5, 5.41) is 0. The molecule has 0 fully saturated rings. The van der Waals surface area contributed by atoms with E-state index in [1.54, 1.807) is 37.4 Å². The maximum atomic E-state index is 12.5. The van der Waals surface area contributed by atoms with Gasteiger partial charge in [0.25, 0.3) is 0 Å². The van der Waals surface area contributed by atoms with Gasteiger partial charge in [0.05, 0.1) is 24.4 Å². The van der Waals surface area contributed by atoms with Crippen LogP contribution in [0.25, 0.3) is 5.76 Å². The van der Waals surface area contributed by atoms with Crippen molar-refractivity contribution in [2.45, 2.75) is 38.8 Å². The largest absolute Gasteiger partial charge is 0.497 e. The van der Waals surface area contributed by atoms with Crippen molar-refractivity contribution in [2.75, 3.05) is 7.11 Å². The van der Waals surface area contributed by atoms with Gasteiger partial charge in [0, 0.05) is 6.42 Å². The van der Waals surface area contributed by atoms with Crippen LogP contribution < -0.4 is 18.9 Å². The van der Waals surface area contributed by atoms with Gasteiger partial charge in [-0.05, 0) is 61.9 Å². The minimum Gasteiger partial charge on any atom is -0.497 e. The summed E-state index contributed by atoms with van der Waals surface area (Å²) in [6.45, 7) is 3.90. The van der Waals surface area contributed by atoms with E-state index in [9.17, 15) is 4.79 Å². The van der Waals surface area contributed by atoms with Gasteiger partial charge < -0.3 is 28.4 Å². The molecule has 3 aromatic carbocycles. The zero-order chi connectivity index (χ0) is 25.8. The highest BCUT2D eigenvalue weighted by Crippen LogP contribution is 2.42. The van der Waals surface area contributed by atoms with Gasteiger partial charge in [-0.1, -0.05) is 30.3 Å². The lowest BCUT2D eigenvalue weighted by molar-refractivity contribution is -0.106. The van der Waals surface area contributed by atoms with Crippen LogP contribution in [0.5, 0.6) is 23.0 Å². The molecule has 0 saturated carbocycles. The monoisotopic (exact) mass is 500 g/mol. The van der Waals surface area contributed by atoms with E-state index in [2.05, 4.69) is 0 Å². The molecule has 0 aromatic heterocycles. The van der Waals surface area contributed by atoms with Crippen LogP contribution in [0.2, 0.25) is 0 Å². The average Bonchev–Trinajstić information content (AvgIpc) is 3.37. The molecule has 0 spiro atoms. The Hall–Kier alpha value is -4.39. The first-order chi connectivity index (χ1) is 18.0. The molecule has 2 heterocycles. The quantitative estimate of drug-likeness (QED) is 0.350. The Kier molecular flexibility index (Phi) is 7.03. The van der Waals surface area contributed by atoms with Crippen LogP contribution in [-0.2, 0) is 20.7 Å². The minimum atomic E-state index is -0.837. The first-order valence-electron chi connectivity index (χ1n) is 12.1. The molecule has 2 aliphatic rings. The SMILES string of the molecule is COc1ccc(OC2=C(C=O)C(C3=COC(Cc4ccccc4)O3)Oc3ccc(OC(C)C)cc32)cc1. The molecule has 0 saturated heterocycles. The lowest BCUT2D eigenvalue weighted by Gasteiger charge is -2.29. The fraction of sp³-hybridized carbons (Fsp3) is 0.233. The molecule has 190 valence electrons. The van der Waals surface area contributed by atoms with E-state index in [1.807, 2.05) is 56.3 Å². The summed E-state index contributed by atoms with van der Waals surface area (Å²) in [7, 11) is 1.60. The summed E-state index contributed by atoms with van der Waals surface area (Å²) in [5.74, 6) is 3.16. The summed E-state index contributed by atoms with van der Waals surface area (Å²) in [4.78, 5) is 12.5. The van der Waals surface area contributed by atoms with Gasteiger partial charge in [0.2, 0.25) is 6.29 Å². The van der Waals surface area contributed by atoms with Crippen molar-refractivity contribution in [1.29, 1.82) is 0 Å². The molecule has 0 aliphatic carbocycles. The Bertz CT molecular complexity index is 1310. The summed E-state index contributed by atoms with van der Waals surface area (Å²) in [6, 6.07) is 22.5. The van der Waals surface area contributed by atoms with Crippen LogP contribution >= 0.6 is 0 Å². The molecule has 0 radical (unpaired) electrons. The van der Waals surface area contributed by atoms with E-state index in [1.165, 1.54) is 6.26 Å². The van der Waals surface area contributed by atoms with Gasteiger partial charge in [-0.15, -0.1) is 0 Å². The second-order valence-electron chi connectivity index (χ2n) is 8.90. The fourth-order valence-corrected chi connectivity index (χ4v) is 4.17. The average molecular weight is 501 g/mol. The number of ether oxygens (including phenoxy) is 6. The number of hydrogen-bond donors (Lipinski definition) is 0. The van der Waals surface area contributed by atoms with E-state index in [0.29, 0.717) is 46.5 Å². The number of hydrogen-bond acceptors (Lipinski definition) is 7. The third-order valence-corrected chi connectivity index (χ3v) is 5.87. The molecule has 7 heteroatoms. The topological polar surface area (TPSA) is 72.5 Å². The molecular formula is C30H28O7. The number of carbonyl (C=O) groups is 1. The van der Waals surface area contributed by atoms with Crippen LogP contribution in [0.1, 0.15) is 25.0 Å². The van der Waals surface area contributed by atoms with E-state index in [0.717, 1.165) is 11.8 Å². The van der Waals surface area contributed by atoms with Crippen molar-refractivity contribution in [3.05, 3.63) is 102 Å². The Morgan fingerprint density at radius 1 is 0.919 bits per heavy atom. The fourth-order valence-electron chi connectivity index (χ4n) is 4.17. The maximum absolute atomic E-state index is 12.5. The van der Waals surface area contributed by atoms with Gasteiger partial charge in [-0.3, -0.25) is 4.79 Å². The first kappa shape index (κ1) is 24.3. The van der Waals surface area contributed by atoms with Crippen LogP contribution in [0, 0.1) is 0 Å². The molecule has 37 heavy (non-hydrogen) atoms. The second kappa shape index (κ2) is 10.7. The molecule has 0 N–H and O–H groups in total. The van der Waals surface area contributed by atoms with Crippen molar-refractivity contribution in [1.82, 2.24) is 0 Å². The summed E-state index contributed by atoms with van der Waals surface area (Å²) < 4.78 is 35.5. The highest BCUT2D eigenvalue weighted by atomic mass is 16.7. The summed E-state index contributed by atoms with van der Waals surface area (Å²) in [6.07, 6.45) is 1.41. The van der Waals surface area contributed by atoms with E-state index < -0.39 is 12.4 Å². The smallest absolute Gasteiger partial charge is 0.244 e. The van der Waals surface area contributed by atoms with Crippen molar-refractivity contribution < 1.29 is 33.2 Å². The summed E-state index contributed by atoms with van der Waals surface area (Å²) >= 11 is 0. The summed E-state index contributed by atoms with van der Waals surface area (Å²) in [5.41, 5.74) is 1.96. The second-order valence-corrected chi connectivity index (χ2v) is 8.90. The molecule has 5 rings (SSSR count). The third-order valence-electron chi connectivity index (χ3n) is 5.87. The maximum Gasteiger partial charge on any atom is 0.244 e. The highest BCUT2D eigenvalue weighted by molar-refractivity contribution is 5.91. The zero-order valence-corrected chi connectivity index (χ0v) is 20.9. The predicted octanol–water partition coefficient (Wildman–Crippen LogP) is 5.69. The number of carbonyl (C=O) groups excluding carboxylic acids is 1. The molecule has 0 bridgehead atoms. The van der Waals surface area contributed by atoms with Crippen molar-refractivity contribution >= 4 is 12.0 Å². The number of benzene rings is 3. The van der Waals surface area contributed by atoms with Crippen LogP contribution in [0.4, 0.5) is 0 Å². The van der Waals surface area contributed by atoms with Crippen molar-refractivity contribution in [3.63, 3.8) is 0 Å². The van der Waals surface area contributed by atoms with Gasteiger partial charge in [0.15, 0.2) is 18.1 Å². The molecule has 7 nitrogen and oxygen atoms in total. The molecule has 2 atom stereocenters. The van der Waals surface area contributed by atoms with Crippen LogP contribution in [-0.4, -0.2) is 31.9 Å². The minimum absolute atomic E-state index is 0.0217. The van der Waals surface area contributed by atoms with Gasteiger partial charge >= 0.3 is 0 Å².